The van der Waals surface area contributed by atoms with Crippen LogP contribution >= 0.6 is 11.3 Å². The first-order chi connectivity index (χ1) is 10.3. The highest BCUT2D eigenvalue weighted by molar-refractivity contribution is 7.10. The number of fused-ring (bicyclic) bond motifs is 1. The number of para-hydroxylation sites is 2. The summed E-state index contributed by atoms with van der Waals surface area (Å²) >= 11 is 1.78. The Morgan fingerprint density at radius 2 is 2.14 bits per heavy atom. The summed E-state index contributed by atoms with van der Waals surface area (Å²) in [5.74, 6) is 1.67. The largest absolute Gasteiger partial charge is 0.486 e. The summed E-state index contributed by atoms with van der Waals surface area (Å²) in [6.45, 7) is 5.86. The van der Waals surface area contributed by atoms with Gasteiger partial charge in [-0.2, -0.15) is 0 Å². The molecule has 0 amide bonds. The maximum atomic E-state index is 6.17. The highest BCUT2D eigenvalue weighted by Crippen LogP contribution is 2.35. The van der Waals surface area contributed by atoms with Crippen LogP contribution in [0.3, 0.4) is 0 Å². The molecule has 1 aliphatic heterocycles. The van der Waals surface area contributed by atoms with Crippen LogP contribution in [0.2, 0.25) is 0 Å². The van der Waals surface area contributed by atoms with Crippen LogP contribution in [0.15, 0.2) is 35.7 Å². The lowest BCUT2D eigenvalue weighted by Crippen LogP contribution is -2.41. The fourth-order valence-electron chi connectivity index (χ4n) is 2.59. The highest BCUT2D eigenvalue weighted by atomic mass is 32.1. The lowest BCUT2D eigenvalue weighted by atomic mass is 10.0. The van der Waals surface area contributed by atoms with E-state index in [1.165, 1.54) is 10.4 Å². The number of thiophene rings is 1. The molecule has 0 saturated heterocycles. The second-order valence-corrected chi connectivity index (χ2v) is 6.45. The van der Waals surface area contributed by atoms with Crippen molar-refractivity contribution in [1.82, 2.24) is 5.32 Å². The average Bonchev–Trinajstić information content (AvgIpc) is 2.94. The zero-order valence-electron chi connectivity index (χ0n) is 12.5. The van der Waals surface area contributed by atoms with Gasteiger partial charge in [0.2, 0.25) is 0 Å². The molecule has 3 rings (SSSR count). The van der Waals surface area contributed by atoms with Crippen LogP contribution in [-0.4, -0.2) is 19.3 Å². The SMILES string of the molecule is CCCNC(c1csc(C)c1)C1COc2ccccc2O1. The van der Waals surface area contributed by atoms with Crippen LogP contribution in [0.25, 0.3) is 0 Å². The maximum Gasteiger partial charge on any atom is 0.161 e. The summed E-state index contributed by atoms with van der Waals surface area (Å²) in [7, 11) is 0. The van der Waals surface area contributed by atoms with Crippen molar-refractivity contribution < 1.29 is 9.47 Å². The molecular weight excluding hydrogens is 282 g/mol. The summed E-state index contributed by atoms with van der Waals surface area (Å²) in [6.07, 6.45) is 1.10. The van der Waals surface area contributed by atoms with E-state index in [9.17, 15) is 0 Å². The number of rotatable bonds is 5. The molecule has 0 saturated carbocycles. The van der Waals surface area contributed by atoms with Gasteiger partial charge in [-0.1, -0.05) is 19.1 Å². The van der Waals surface area contributed by atoms with Gasteiger partial charge in [-0.25, -0.2) is 0 Å². The molecule has 0 bridgehead atoms. The minimum absolute atomic E-state index is 0.000417. The molecule has 1 aromatic carbocycles. The maximum absolute atomic E-state index is 6.17. The van der Waals surface area contributed by atoms with Crippen molar-refractivity contribution in [3.05, 3.63) is 46.2 Å². The predicted molar refractivity (Wildman–Crippen MR) is 86.4 cm³/mol. The van der Waals surface area contributed by atoms with Crippen molar-refractivity contribution in [3.8, 4) is 11.5 Å². The highest BCUT2D eigenvalue weighted by Gasteiger charge is 2.30. The average molecular weight is 303 g/mol. The molecule has 2 unspecified atom stereocenters. The van der Waals surface area contributed by atoms with Crippen molar-refractivity contribution in [2.75, 3.05) is 13.2 Å². The fourth-order valence-corrected chi connectivity index (χ4v) is 3.33. The summed E-state index contributed by atoms with van der Waals surface area (Å²) in [4.78, 5) is 1.32. The molecular formula is C17H21NO2S. The second-order valence-electron chi connectivity index (χ2n) is 5.34. The molecule has 0 spiro atoms. The molecule has 1 N–H and O–H groups in total. The van der Waals surface area contributed by atoms with Crippen molar-refractivity contribution in [2.24, 2.45) is 0 Å². The van der Waals surface area contributed by atoms with Crippen LogP contribution in [0.1, 0.15) is 29.8 Å². The molecule has 0 aliphatic carbocycles. The van der Waals surface area contributed by atoms with Gasteiger partial charge >= 0.3 is 0 Å². The molecule has 0 radical (unpaired) electrons. The van der Waals surface area contributed by atoms with E-state index >= 15 is 0 Å². The van der Waals surface area contributed by atoms with E-state index in [1.807, 2.05) is 24.3 Å². The van der Waals surface area contributed by atoms with Crippen LogP contribution in [0.4, 0.5) is 0 Å². The van der Waals surface area contributed by atoms with Crippen molar-refractivity contribution in [1.29, 1.82) is 0 Å². The standard InChI is InChI=1S/C17H21NO2S/c1-3-8-18-17(13-9-12(2)21-11-13)16-10-19-14-6-4-5-7-15(14)20-16/h4-7,9,11,16-18H,3,8,10H2,1-2H3. The molecule has 21 heavy (non-hydrogen) atoms. The van der Waals surface area contributed by atoms with Crippen LogP contribution in [-0.2, 0) is 0 Å². The molecule has 4 heteroatoms. The van der Waals surface area contributed by atoms with Gasteiger partial charge in [0, 0.05) is 4.88 Å². The van der Waals surface area contributed by atoms with E-state index < -0.39 is 0 Å². The molecule has 2 aromatic rings. The van der Waals surface area contributed by atoms with E-state index in [0.717, 1.165) is 24.5 Å². The van der Waals surface area contributed by atoms with Gasteiger partial charge in [0.1, 0.15) is 6.61 Å². The van der Waals surface area contributed by atoms with E-state index in [4.69, 9.17) is 9.47 Å². The molecule has 1 aliphatic rings. The zero-order valence-corrected chi connectivity index (χ0v) is 13.3. The molecule has 0 fully saturated rings. The number of benzene rings is 1. The normalized spacial score (nSPS) is 18.5. The summed E-state index contributed by atoms with van der Waals surface area (Å²) in [5.41, 5.74) is 1.29. The summed E-state index contributed by atoms with van der Waals surface area (Å²) in [6, 6.07) is 10.3. The Bertz CT molecular complexity index is 596. The molecule has 2 atom stereocenters. The Morgan fingerprint density at radius 1 is 1.33 bits per heavy atom. The van der Waals surface area contributed by atoms with Crippen molar-refractivity contribution in [3.63, 3.8) is 0 Å². The smallest absolute Gasteiger partial charge is 0.161 e. The Kier molecular flexibility index (Phi) is 4.46. The fraction of sp³-hybridized carbons (Fsp3) is 0.412. The van der Waals surface area contributed by atoms with Gasteiger partial charge in [-0.3, -0.25) is 0 Å². The Balaban J connectivity index is 1.81. The number of aryl methyl sites for hydroxylation is 1. The lowest BCUT2D eigenvalue weighted by Gasteiger charge is -2.32. The van der Waals surface area contributed by atoms with Gasteiger partial charge in [0.25, 0.3) is 0 Å². The third-order valence-corrected chi connectivity index (χ3v) is 4.51. The third kappa shape index (κ3) is 3.22. The lowest BCUT2D eigenvalue weighted by molar-refractivity contribution is 0.0618. The van der Waals surface area contributed by atoms with Gasteiger partial charge in [0.15, 0.2) is 17.6 Å². The van der Waals surface area contributed by atoms with E-state index in [-0.39, 0.29) is 12.1 Å². The van der Waals surface area contributed by atoms with Gasteiger partial charge in [0.05, 0.1) is 6.04 Å². The Hall–Kier alpha value is -1.52. The molecule has 1 aromatic heterocycles. The minimum atomic E-state index is 0.000417. The number of nitrogens with one attached hydrogen (secondary N) is 1. The Morgan fingerprint density at radius 3 is 2.86 bits per heavy atom. The van der Waals surface area contributed by atoms with E-state index in [1.54, 1.807) is 11.3 Å². The predicted octanol–water partition coefficient (Wildman–Crippen LogP) is 3.94. The van der Waals surface area contributed by atoms with E-state index in [2.05, 4.69) is 30.6 Å². The molecule has 112 valence electrons. The summed E-state index contributed by atoms with van der Waals surface area (Å²) in [5, 5.41) is 5.82. The van der Waals surface area contributed by atoms with Gasteiger partial charge in [-0.05, 0) is 49.0 Å². The topological polar surface area (TPSA) is 30.5 Å². The van der Waals surface area contributed by atoms with E-state index in [0.29, 0.717) is 6.61 Å². The van der Waals surface area contributed by atoms with Crippen LogP contribution in [0.5, 0.6) is 11.5 Å². The van der Waals surface area contributed by atoms with Gasteiger partial charge < -0.3 is 14.8 Å². The first-order valence-corrected chi connectivity index (χ1v) is 8.33. The molecule has 2 heterocycles. The van der Waals surface area contributed by atoms with Crippen molar-refractivity contribution in [2.45, 2.75) is 32.4 Å². The number of hydrogen-bond donors (Lipinski definition) is 1. The third-order valence-electron chi connectivity index (χ3n) is 3.63. The summed E-state index contributed by atoms with van der Waals surface area (Å²) < 4.78 is 12.0. The number of ether oxygens (including phenoxy) is 2. The Labute approximate surface area is 129 Å². The molecule has 3 nitrogen and oxygen atoms in total. The number of hydrogen-bond acceptors (Lipinski definition) is 4. The van der Waals surface area contributed by atoms with Crippen LogP contribution < -0.4 is 14.8 Å². The first kappa shape index (κ1) is 14.4. The minimum Gasteiger partial charge on any atom is -0.486 e. The van der Waals surface area contributed by atoms with Crippen molar-refractivity contribution >= 4 is 11.3 Å². The van der Waals surface area contributed by atoms with Gasteiger partial charge in [-0.15, -0.1) is 11.3 Å². The quantitative estimate of drug-likeness (QED) is 0.907. The first-order valence-electron chi connectivity index (χ1n) is 7.45. The zero-order chi connectivity index (χ0) is 14.7. The monoisotopic (exact) mass is 303 g/mol. The second kappa shape index (κ2) is 6.50. The van der Waals surface area contributed by atoms with Crippen LogP contribution in [0, 0.1) is 6.92 Å².